The minimum Gasteiger partial charge on any atom is -0.493 e. The van der Waals surface area contributed by atoms with Crippen LogP contribution in [0.1, 0.15) is 6.42 Å². The molecule has 1 aliphatic heterocycles. The van der Waals surface area contributed by atoms with E-state index in [-0.39, 0.29) is 6.29 Å². The first kappa shape index (κ1) is 9.49. The van der Waals surface area contributed by atoms with Gasteiger partial charge in [0.15, 0.2) is 6.29 Å². The zero-order valence-corrected chi connectivity index (χ0v) is 7.94. The molecule has 0 saturated carbocycles. The molecular formula is C11H13O3. The van der Waals surface area contributed by atoms with E-state index in [2.05, 4.69) is 6.07 Å². The molecule has 14 heavy (non-hydrogen) atoms. The molecule has 3 nitrogen and oxygen atoms in total. The van der Waals surface area contributed by atoms with E-state index in [4.69, 9.17) is 14.2 Å². The Balaban J connectivity index is 1.67. The molecule has 3 heteroatoms. The molecule has 0 aromatic heterocycles. The number of ether oxygens (including phenoxy) is 3. The van der Waals surface area contributed by atoms with Gasteiger partial charge in [0.05, 0.1) is 19.8 Å². The van der Waals surface area contributed by atoms with Crippen molar-refractivity contribution >= 4 is 0 Å². The minimum absolute atomic E-state index is 0.0808. The van der Waals surface area contributed by atoms with Gasteiger partial charge in [-0.2, -0.15) is 0 Å². The third-order valence-corrected chi connectivity index (χ3v) is 1.99. The van der Waals surface area contributed by atoms with Crippen LogP contribution in [0, 0.1) is 6.07 Å². The first-order valence-corrected chi connectivity index (χ1v) is 4.77. The molecule has 1 heterocycles. The van der Waals surface area contributed by atoms with E-state index >= 15 is 0 Å². The summed E-state index contributed by atoms with van der Waals surface area (Å²) in [5.74, 6) is 0.838. The molecule has 0 spiro atoms. The van der Waals surface area contributed by atoms with Gasteiger partial charge in [-0.3, -0.25) is 0 Å². The lowest BCUT2D eigenvalue weighted by Crippen LogP contribution is -2.12. The molecule has 1 saturated heterocycles. The van der Waals surface area contributed by atoms with E-state index in [0.717, 1.165) is 12.2 Å². The van der Waals surface area contributed by atoms with Crippen LogP contribution in [0.4, 0.5) is 0 Å². The summed E-state index contributed by atoms with van der Waals surface area (Å²) in [7, 11) is 0. The summed E-state index contributed by atoms with van der Waals surface area (Å²) in [6.07, 6.45) is 0.692. The van der Waals surface area contributed by atoms with Crippen LogP contribution in [0.15, 0.2) is 24.3 Å². The Bertz CT molecular complexity index is 254. The summed E-state index contributed by atoms with van der Waals surface area (Å²) in [5, 5.41) is 0. The highest BCUT2D eigenvalue weighted by atomic mass is 16.7. The highest BCUT2D eigenvalue weighted by Gasteiger charge is 2.15. The van der Waals surface area contributed by atoms with Gasteiger partial charge in [0.25, 0.3) is 0 Å². The van der Waals surface area contributed by atoms with Crippen LogP contribution in [-0.2, 0) is 9.47 Å². The fraction of sp³-hybridized carbons (Fsp3) is 0.455. The van der Waals surface area contributed by atoms with Crippen LogP contribution in [0.5, 0.6) is 5.75 Å². The predicted octanol–water partition coefficient (Wildman–Crippen LogP) is 1.63. The lowest BCUT2D eigenvalue weighted by atomic mass is 10.3. The second kappa shape index (κ2) is 4.98. The van der Waals surface area contributed by atoms with Gasteiger partial charge < -0.3 is 14.2 Å². The van der Waals surface area contributed by atoms with Gasteiger partial charge in [0.2, 0.25) is 0 Å². The fourth-order valence-electron chi connectivity index (χ4n) is 1.31. The minimum atomic E-state index is -0.0808. The Morgan fingerprint density at radius 3 is 3.00 bits per heavy atom. The van der Waals surface area contributed by atoms with Crippen LogP contribution in [0.2, 0.25) is 0 Å². The largest absolute Gasteiger partial charge is 0.493 e. The van der Waals surface area contributed by atoms with Crippen molar-refractivity contribution in [2.24, 2.45) is 0 Å². The SMILES string of the molecule is [c]1cccc(OCCC2OCCO2)c1. The summed E-state index contributed by atoms with van der Waals surface area (Å²) < 4.78 is 16.0. The van der Waals surface area contributed by atoms with Gasteiger partial charge in [0.1, 0.15) is 5.75 Å². The van der Waals surface area contributed by atoms with Gasteiger partial charge in [-0.15, -0.1) is 0 Å². The maximum atomic E-state index is 5.48. The van der Waals surface area contributed by atoms with Crippen molar-refractivity contribution < 1.29 is 14.2 Å². The first-order chi connectivity index (χ1) is 6.95. The molecule has 1 aromatic rings. The molecule has 1 aliphatic rings. The van der Waals surface area contributed by atoms with Crippen molar-refractivity contribution in [2.45, 2.75) is 12.7 Å². The maximum absolute atomic E-state index is 5.48. The van der Waals surface area contributed by atoms with E-state index in [1.807, 2.05) is 24.3 Å². The molecule has 0 atom stereocenters. The zero-order valence-electron chi connectivity index (χ0n) is 7.94. The summed E-state index contributed by atoms with van der Waals surface area (Å²) in [4.78, 5) is 0. The zero-order chi connectivity index (χ0) is 9.64. The van der Waals surface area contributed by atoms with Crippen molar-refractivity contribution in [3.63, 3.8) is 0 Å². The van der Waals surface area contributed by atoms with E-state index in [1.54, 1.807) is 0 Å². The van der Waals surface area contributed by atoms with Gasteiger partial charge in [-0.1, -0.05) is 12.1 Å². The maximum Gasteiger partial charge on any atom is 0.161 e. The van der Waals surface area contributed by atoms with Crippen LogP contribution >= 0.6 is 0 Å². The van der Waals surface area contributed by atoms with Crippen molar-refractivity contribution in [3.8, 4) is 5.75 Å². The number of hydrogen-bond donors (Lipinski definition) is 0. The molecule has 1 aromatic carbocycles. The smallest absolute Gasteiger partial charge is 0.161 e. The molecule has 0 N–H and O–H groups in total. The van der Waals surface area contributed by atoms with Crippen LogP contribution < -0.4 is 4.74 Å². The number of rotatable bonds is 4. The van der Waals surface area contributed by atoms with Gasteiger partial charge in [-0.25, -0.2) is 0 Å². The fourth-order valence-corrected chi connectivity index (χ4v) is 1.31. The second-order valence-electron chi connectivity index (χ2n) is 3.05. The standard InChI is InChI=1S/C11H13O3/c1-2-4-10(5-3-1)12-7-6-11-13-8-9-14-11/h1-2,4-5,11H,6-9H2. The van der Waals surface area contributed by atoms with Crippen molar-refractivity contribution in [1.82, 2.24) is 0 Å². The average molecular weight is 193 g/mol. The van der Waals surface area contributed by atoms with E-state index in [1.165, 1.54) is 0 Å². The predicted molar refractivity (Wildman–Crippen MR) is 51.1 cm³/mol. The van der Waals surface area contributed by atoms with Crippen LogP contribution in [-0.4, -0.2) is 26.1 Å². The lowest BCUT2D eigenvalue weighted by Gasteiger charge is -2.09. The Kier molecular flexibility index (Phi) is 3.38. The highest BCUT2D eigenvalue weighted by Crippen LogP contribution is 2.11. The number of benzene rings is 1. The van der Waals surface area contributed by atoms with Gasteiger partial charge in [-0.05, 0) is 18.2 Å². The van der Waals surface area contributed by atoms with E-state index in [0.29, 0.717) is 19.8 Å². The Morgan fingerprint density at radius 1 is 1.43 bits per heavy atom. The van der Waals surface area contributed by atoms with Gasteiger partial charge in [0, 0.05) is 6.42 Å². The van der Waals surface area contributed by atoms with Crippen molar-refractivity contribution in [1.29, 1.82) is 0 Å². The molecule has 2 rings (SSSR count). The highest BCUT2D eigenvalue weighted by molar-refractivity contribution is 5.19. The number of hydrogen-bond acceptors (Lipinski definition) is 3. The van der Waals surface area contributed by atoms with Crippen LogP contribution in [0.25, 0.3) is 0 Å². The third kappa shape index (κ3) is 2.72. The Labute approximate surface area is 83.6 Å². The van der Waals surface area contributed by atoms with Crippen molar-refractivity contribution in [2.75, 3.05) is 19.8 Å². The Morgan fingerprint density at radius 2 is 2.29 bits per heavy atom. The summed E-state index contributed by atoms with van der Waals surface area (Å²) in [6, 6.07) is 10.4. The normalized spacial score (nSPS) is 17.1. The Hall–Kier alpha value is -1.06. The molecule has 0 bridgehead atoms. The summed E-state index contributed by atoms with van der Waals surface area (Å²) in [5.41, 5.74) is 0. The van der Waals surface area contributed by atoms with E-state index < -0.39 is 0 Å². The quantitative estimate of drug-likeness (QED) is 0.727. The lowest BCUT2D eigenvalue weighted by molar-refractivity contribution is -0.0531. The summed E-state index contributed by atoms with van der Waals surface area (Å²) >= 11 is 0. The molecule has 0 amide bonds. The monoisotopic (exact) mass is 193 g/mol. The van der Waals surface area contributed by atoms with Crippen LogP contribution in [0.3, 0.4) is 0 Å². The molecule has 1 fully saturated rings. The average Bonchev–Trinajstić information content (AvgIpc) is 2.72. The van der Waals surface area contributed by atoms with E-state index in [9.17, 15) is 0 Å². The molecule has 0 unspecified atom stereocenters. The topological polar surface area (TPSA) is 27.7 Å². The molecule has 75 valence electrons. The molecular weight excluding hydrogens is 180 g/mol. The third-order valence-electron chi connectivity index (χ3n) is 1.99. The van der Waals surface area contributed by atoms with Gasteiger partial charge >= 0.3 is 0 Å². The van der Waals surface area contributed by atoms with Crippen molar-refractivity contribution in [3.05, 3.63) is 30.3 Å². The summed E-state index contributed by atoms with van der Waals surface area (Å²) in [6.45, 7) is 2.01. The molecule has 1 radical (unpaired) electrons. The molecule has 0 aliphatic carbocycles. The first-order valence-electron chi connectivity index (χ1n) is 4.77. The second-order valence-corrected chi connectivity index (χ2v) is 3.05.